The van der Waals surface area contributed by atoms with Gasteiger partial charge in [-0.1, -0.05) is 42.5 Å². The number of carboxylic acids is 1. The van der Waals surface area contributed by atoms with Gasteiger partial charge in [-0.15, -0.1) is 0 Å². The topological polar surface area (TPSA) is 107 Å². The average Bonchev–Trinajstić information content (AvgIpc) is 3.14. The first-order valence-corrected chi connectivity index (χ1v) is 11.5. The second-order valence-electron chi connectivity index (χ2n) is 8.79. The van der Waals surface area contributed by atoms with Crippen molar-refractivity contribution in [2.75, 3.05) is 25.1 Å². The molecule has 1 saturated heterocycles. The van der Waals surface area contributed by atoms with Crippen molar-refractivity contribution in [3.05, 3.63) is 101 Å². The number of hydrogen-bond acceptors (Lipinski definition) is 6. The van der Waals surface area contributed by atoms with Crippen molar-refractivity contribution < 1.29 is 29.3 Å². The van der Waals surface area contributed by atoms with E-state index in [1.54, 1.807) is 42.5 Å². The second-order valence-corrected chi connectivity index (χ2v) is 8.79. The number of aliphatic hydroxyl groups is 1. The maximum Gasteiger partial charge on any atom is 0.335 e. The predicted molar refractivity (Wildman–Crippen MR) is 133 cm³/mol. The van der Waals surface area contributed by atoms with Gasteiger partial charge in [0.2, 0.25) is 0 Å². The Kier molecular flexibility index (Phi) is 5.93. The molecule has 3 aromatic rings. The molecular formula is C28H24N2O6. The molecule has 2 aliphatic rings. The quantitative estimate of drug-likeness (QED) is 0.322. The van der Waals surface area contributed by atoms with Gasteiger partial charge in [0.05, 0.1) is 29.4 Å². The number of ketones is 1. The number of aliphatic hydroxyl groups excluding tert-OH is 1. The molecule has 1 amide bonds. The smallest absolute Gasteiger partial charge is 0.335 e. The van der Waals surface area contributed by atoms with Crippen molar-refractivity contribution in [2.45, 2.75) is 12.6 Å². The molecule has 1 atom stereocenters. The van der Waals surface area contributed by atoms with Crippen LogP contribution < -0.4 is 9.64 Å². The molecule has 8 nitrogen and oxygen atoms in total. The molecule has 0 radical (unpaired) electrons. The summed E-state index contributed by atoms with van der Waals surface area (Å²) < 4.78 is 5.68. The van der Waals surface area contributed by atoms with Crippen LogP contribution in [-0.4, -0.2) is 53.0 Å². The van der Waals surface area contributed by atoms with Crippen LogP contribution in [0.3, 0.4) is 0 Å². The lowest BCUT2D eigenvalue weighted by molar-refractivity contribution is -0.140. The van der Waals surface area contributed by atoms with Crippen molar-refractivity contribution in [3.8, 4) is 5.75 Å². The van der Waals surface area contributed by atoms with Crippen molar-refractivity contribution in [3.63, 3.8) is 0 Å². The zero-order valence-corrected chi connectivity index (χ0v) is 19.5. The third-order valence-corrected chi connectivity index (χ3v) is 6.54. The normalized spacial score (nSPS) is 18.6. The minimum atomic E-state index is -1.05. The Morgan fingerprint density at radius 2 is 1.67 bits per heavy atom. The van der Waals surface area contributed by atoms with E-state index in [9.17, 15) is 19.5 Å². The molecular weight excluding hydrogens is 460 g/mol. The fraction of sp³-hybridized carbons (Fsp3) is 0.179. The molecule has 0 aromatic heterocycles. The number of Topliss-reactive ketones (excluding diaryl/α,β-unsaturated/α-hetero) is 1. The average molecular weight is 485 g/mol. The Balaban J connectivity index is 1.59. The van der Waals surface area contributed by atoms with Crippen LogP contribution >= 0.6 is 0 Å². The number of likely N-dealkylation sites (N-methyl/N-ethyl adjacent to an activating group) is 1. The number of ether oxygens (including phenoxy) is 1. The molecule has 36 heavy (non-hydrogen) atoms. The highest BCUT2D eigenvalue weighted by atomic mass is 16.5. The number of carbonyl (C=O) groups excluding carboxylic acids is 2. The summed E-state index contributed by atoms with van der Waals surface area (Å²) in [6, 6.07) is 19.6. The number of amides is 1. The van der Waals surface area contributed by atoms with Crippen molar-refractivity contribution in [1.82, 2.24) is 4.90 Å². The summed E-state index contributed by atoms with van der Waals surface area (Å²) in [6.07, 6.45) is 0. The first kappa shape index (κ1) is 23.2. The van der Waals surface area contributed by atoms with Crippen LogP contribution in [0.2, 0.25) is 0 Å². The molecule has 2 N–H and O–H groups in total. The summed E-state index contributed by atoms with van der Waals surface area (Å²) in [5, 5.41) is 20.5. The van der Waals surface area contributed by atoms with Crippen LogP contribution in [0.25, 0.3) is 5.76 Å². The molecule has 182 valence electrons. The van der Waals surface area contributed by atoms with Crippen LogP contribution in [0.4, 0.5) is 5.69 Å². The number of hydrogen-bond donors (Lipinski definition) is 2. The largest absolute Gasteiger partial charge is 0.507 e. The molecule has 0 spiro atoms. The highest BCUT2D eigenvalue weighted by Crippen LogP contribution is 2.41. The third kappa shape index (κ3) is 4.07. The van der Waals surface area contributed by atoms with Gasteiger partial charge < -0.3 is 24.7 Å². The van der Waals surface area contributed by atoms with Gasteiger partial charge in [0, 0.05) is 19.2 Å². The van der Waals surface area contributed by atoms with Gasteiger partial charge in [0.15, 0.2) is 0 Å². The van der Waals surface area contributed by atoms with Gasteiger partial charge in [0.25, 0.3) is 11.7 Å². The zero-order chi connectivity index (χ0) is 25.4. The first-order chi connectivity index (χ1) is 17.3. The summed E-state index contributed by atoms with van der Waals surface area (Å²) in [4.78, 5) is 41.1. The summed E-state index contributed by atoms with van der Waals surface area (Å²) in [5.74, 6) is -2.12. The molecule has 3 aromatic carbocycles. The number of carboxylic acid groups (broad SMARTS) is 1. The number of anilines is 1. The summed E-state index contributed by atoms with van der Waals surface area (Å²) in [6.45, 7) is 1.31. The number of carbonyl (C=O) groups is 3. The van der Waals surface area contributed by atoms with Crippen molar-refractivity contribution >= 4 is 29.1 Å². The minimum Gasteiger partial charge on any atom is -0.507 e. The van der Waals surface area contributed by atoms with E-state index in [-0.39, 0.29) is 23.4 Å². The Morgan fingerprint density at radius 3 is 2.36 bits per heavy atom. The van der Waals surface area contributed by atoms with Crippen LogP contribution in [0, 0.1) is 0 Å². The standard InChI is InChI=1S/C28H24N2O6/c1-29-13-14-36-22-12-11-20(15-21(22)29)25(31)23-24(18-5-3-2-4-6-18)30(27(33)26(23)32)16-17-7-9-19(10-8-17)28(34)35/h2-12,15,24,31H,13-14,16H2,1H3,(H,34,35)/b25-23-. The van der Waals surface area contributed by atoms with E-state index in [0.29, 0.717) is 35.6 Å². The van der Waals surface area contributed by atoms with Gasteiger partial charge in [0.1, 0.15) is 18.1 Å². The van der Waals surface area contributed by atoms with Gasteiger partial charge in [-0.25, -0.2) is 4.79 Å². The first-order valence-electron chi connectivity index (χ1n) is 11.5. The van der Waals surface area contributed by atoms with E-state index in [1.165, 1.54) is 17.0 Å². The van der Waals surface area contributed by atoms with Gasteiger partial charge in [-0.3, -0.25) is 9.59 Å². The van der Waals surface area contributed by atoms with Gasteiger partial charge in [-0.2, -0.15) is 0 Å². The molecule has 1 fully saturated rings. The fourth-order valence-electron chi connectivity index (χ4n) is 4.63. The Hall–Kier alpha value is -4.59. The Morgan fingerprint density at radius 1 is 0.972 bits per heavy atom. The molecule has 0 bridgehead atoms. The lowest BCUT2D eigenvalue weighted by Gasteiger charge is -2.28. The number of nitrogens with zero attached hydrogens (tertiary/aromatic N) is 2. The van der Waals surface area contributed by atoms with Gasteiger partial charge in [-0.05, 0) is 41.5 Å². The SMILES string of the molecule is CN1CCOc2ccc(/C(O)=C3/C(=O)C(=O)N(Cc4ccc(C(=O)O)cc4)C3c3ccccc3)cc21. The highest BCUT2D eigenvalue weighted by molar-refractivity contribution is 6.46. The summed E-state index contributed by atoms with van der Waals surface area (Å²) in [5.41, 5.74) is 2.67. The monoisotopic (exact) mass is 484 g/mol. The van der Waals surface area contributed by atoms with Crippen LogP contribution in [-0.2, 0) is 16.1 Å². The maximum atomic E-state index is 13.3. The van der Waals surface area contributed by atoms with Crippen LogP contribution in [0.15, 0.2) is 78.4 Å². The van der Waals surface area contributed by atoms with Crippen LogP contribution in [0.5, 0.6) is 5.75 Å². The molecule has 0 aliphatic carbocycles. The summed E-state index contributed by atoms with van der Waals surface area (Å²) >= 11 is 0. The number of fused-ring (bicyclic) bond motifs is 1. The molecule has 5 rings (SSSR count). The van der Waals surface area contributed by atoms with Crippen LogP contribution in [0.1, 0.15) is 33.1 Å². The van der Waals surface area contributed by atoms with E-state index < -0.39 is 23.7 Å². The van der Waals surface area contributed by atoms with Gasteiger partial charge >= 0.3 is 5.97 Å². The van der Waals surface area contributed by atoms with E-state index in [2.05, 4.69) is 0 Å². The lowest BCUT2D eigenvalue weighted by atomic mass is 9.95. The number of rotatable bonds is 5. The molecule has 1 unspecified atom stereocenters. The zero-order valence-electron chi connectivity index (χ0n) is 19.5. The van der Waals surface area contributed by atoms with Crippen molar-refractivity contribution in [2.24, 2.45) is 0 Å². The Bertz CT molecular complexity index is 1380. The highest BCUT2D eigenvalue weighted by Gasteiger charge is 2.46. The van der Waals surface area contributed by atoms with E-state index in [0.717, 1.165) is 5.69 Å². The number of likely N-dealkylation sites (tertiary alicyclic amines) is 1. The Labute approximate surface area is 207 Å². The molecule has 8 heteroatoms. The lowest BCUT2D eigenvalue weighted by Crippen LogP contribution is -2.29. The third-order valence-electron chi connectivity index (χ3n) is 6.54. The van der Waals surface area contributed by atoms with E-state index in [4.69, 9.17) is 9.84 Å². The number of aromatic carboxylic acids is 1. The maximum absolute atomic E-state index is 13.3. The second kappa shape index (κ2) is 9.22. The minimum absolute atomic E-state index is 0.00712. The predicted octanol–water partition coefficient (Wildman–Crippen LogP) is 3.84. The molecule has 2 aliphatic heterocycles. The van der Waals surface area contributed by atoms with E-state index >= 15 is 0 Å². The van der Waals surface area contributed by atoms with Crippen molar-refractivity contribution in [1.29, 1.82) is 0 Å². The van der Waals surface area contributed by atoms with E-state index in [1.807, 2.05) is 30.1 Å². The number of benzene rings is 3. The summed E-state index contributed by atoms with van der Waals surface area (Å²) in [7, 11) is 1.92. The fourth-order valence-corrected chi connectivity index (χ4v) is 4.63. The molecule has 2 heterocycles. The molecule has 0 saturated carbocycles.